The summed E-state index contributed by atoms with van der Waals surface area (Å²) in [4.78, 5) is 0. The molecule has 0 N–H and O–H groups in total. The van der Waals surface area contributed by atoms with Crippen molar-refractivity contribution in [2.45, 2.75) is 31.6 Å². The van der Waals surface area contributed by atoms with E-state index in [0.29, 0.717) is 0 Å². The Kier molecular flexibility index (Phi) is 5.30. The number of unbranched alkanes of at least 4 members (excludes halogenated alkanes) is 1. The van der Waals surface area contributed by atoms with Crippen LogP contribution >= 0.6 is 23.2 Å². The Hall–Kier alpha value is -0.980. The number of alkyl halides is 1. The molecular weight excluding hydrogens is 275 g/mol. The summed E-state index contributed by atoms with van der Waals surface area (Å²) >= 11 is 12.5. The van der Waals surface area contributed by atoms with E-state index in [9.17, 15) is 0 Å². The largest absolute Gasteiger partial charge is 0.113 e. The maximum atomic E-state index is 6.50. The fourth-order valence-electron chi connectivity index (χ4n) is 2.09. The van der Waals surface area contributed by atoms with E-state index in [-0.39, 0.29) is 5.38 Å². The zero-order valence-corrected chi connectivity index (χ0v) is 12.6. The molecule has 19 heavy (non-hydrogen) atoms. The van der Waals surface area contributed by atoms with Crippen LogP contribution in [0.15, 0.2) is 48.5 Å². The van der Waals surface area contributed by atoms with E-state index in [4.69, 9.17) is 23.2 Å². The highest BCUT2D eigenvalue weighted by Gasteiger charge is 2.10. The molecule has 0 aromatic heterocycles. The van der Waals surface area contributed by atoms with Crippen LogP contribution in [-0.4, -0.2) is 0 Å². The summed E-state index contributed by atoms with van der Waals surface area (Å²) in [6.45, 7) is 2.21. The minimum absolute atomic E-state index is 0.140. The number of aryl methyl sites for hydroxylation is 1. The molecule has 0 aliphatic heterocycles. The molecule has 0 heterocycles. The molecule has 2 aromatic carbocycles. The van der Waals surface area contributed by atoms with Gasteiger partial charge in [-0.2, -0.15) is 0 Å². The van der Waals surface area contributed by atoms with E-state index in [1.165, 1.54) is 18.4 Å². The molecule has 0 bridgehead atoms. The Morgan fingerprint density at radius 3 is 2.37 bits per heavy atom. The van der Waals surface area contributed by atoms with Gasteiger partial charge < -0.3 is 0 Å². The van der Waals surface area contributed by atoms with E-state index in [1.807, 2.05) is 24.3 Å². The second-order valence-electron chi connectivity index (χ2n) is 4.76. The van der Waals surface area contributed by atoms with Gasteiger partial charge in [0.05, 0.1) is 5.38 Å². The Morgan fingerprint density at radius 2 is 1.74 bits per heavy atom. The second kappa shape index (κ2) is 6.98. The van der Waals surface area contributed by atoms with Gasteiger partial charge in [0.2, 0.25) is 0 Å². The molecule has 1 unspecified atom stereocenters. The van der Waals surface area contributed by atoms with E-state index >= 15 is 0 Å². The molecule has 2 rings (SSSR count). The monoisotopic (exact) mass is 292 g/mol. The molecule has 1 atom stereocenters. The maximum absolute atomic E-state index is 6.50. The van der Waals surface area contributed by atoms with Crippen LogP contribution in [0.1, 0.15) is 41.8 Å². The summed E-state index contributed by atoms with van der Waals surface area (Å²) in [5.41, 5.74) is 3.53. The van der Waals surface area contributed by atoms with Crippen molar-refractivity contribution in [1.82, 2.24) is 0 Å². The number of halogens is 2. The summed E-state index contributed by atoms with van der Waals surface area (Å²) in [5.74, 6) is 0. The highest BCUT2D eigenvalue weighted by Crippen LogP contribution is 2.30. The Morgan fingerprint density at radius 1 is 1.00 bits per heavy atom. The van der Waals surface area contributed by atoms with Gasteiger partial charge in [-0.05, 0) is 41.7 Å². The van der Waals surface area contributed by atoms with Gasteiger partial charge in [-0.25, -0.2) is 0 Å². The normalized spacial score (nSPS) is 12.4. The minimum Gasteiger partial charge on any atom is -0.113 e. The van der Waals surface area contributed by atoms with E-state index in [1.54, 1.807) is 0 Å². The summed E-state index contributed by atoms with van der Waals surface area (Å²) in [7, 11) is 0. The lowest BCUT2D eigenvalue weighted by Gasteiger charge is -2.11. The number of hydrogen-bond donors (Lipinski definition) is 0. The highest BCUT2D eigenvalue weighted by molar-refractivity contribution is 6.30. The predicted molar refractivity (Wildman–Crippen MR) is 84.2 cm³/mol. The second-order valence-corrected chi connectivity index (χ2v) is 5.64. The number of benzene rings is 2. The van der Waals surface area contributed by atoms with Crippen LogP contribution in [0.5, 0.6) is 0 Å². The molecule has 0 radical (unpaired) electrons. The molecule has 0 saturated carbocycles. The zero-order valence-electron chi connectivity index (χ0n) is 11.1. The standard InChI is InChI=1S/C17H18Cl2/c1-2-3-5-13-8-10-14(11-9-13)17(19)15-6-4-7-16(18)12-15/h4,6-12,17H,2-3,5H2,1H3. The lowest BCUT2D eigenvalue weighted by molar-refractivity contribution is 0.794. The molecule has 0 spiro atoms. The van der Waals surface area contributed by atoms with Crippen LogP contribution in [0.25, 0.3) is 0 Å². The van der Waals surface area contributed by atoms with Crippen LogP contribution in [0.2, 0.25) is 5.02 Å². The number of rotatable bonds is 5. The van der Waals surface area contributed by atoms with Crippen molar-refractivity contribution in [3.63, 3.8) is 0 Å². The van der Waals surface area contributed by atoms with Gasteiger partial charge in [0, 0.05) is 5.02 Å². The van der Waals surface area contributed by atoms with Crippen molar-refractivity contribution >= 4 is 23.2 Å². The van der Waals surface area contributed by atoms with Gasteiger partial charge in [-0.3, -0.25) is 0 Å². The first kappa shape index (κ1) is 14.4. The van der Waals surface area contributed by atoms with Crippen molar-refractivity contribution in [2.24, 2.45) is 0 Å². The lowest BCUT2D eigenvalue weighted by Crippen LogP contribution is -1.94. The molecule has 0 aliphatic carbocycles. The van der Waals surface area contributed by atoms with Crippen LogP contribution in [0, 0.1) is 0 Å². The Balaban J connectivity index is 2.13. The zero-order chi connectivity index (χ0) is 13.7. The number of hydrogen-bond acceptors (Lipinski definition) is 0. The molecule has 0 fully saturated rings. The average Bonchev–Trinajstić information content (AvgIpc) is 2.45. The van der Waals surface area contributed by atoms with Gasteiger partial charge in [0.25, 0.3) is 0 Å². The third-order valence-electron chi connectivity index (χ3n) is 3.23. The van der Waals surface area contributed by atoms with Gasteiger partial charge in [-0.1, -0.05) is 61.3 Å². The first-order valence-electron chi connectivity index (χ1n) is 6.69. The summed E-state index contributed by atoms with van der Waals surface area (Å²) < 4.78 is 0. The SMILES string of the molecule is CCCCc1ccc(C(Cl)c2cccc(Cl)c2)cc1. The fourth-order valence-corrected chi connectivity index (χ4v) is 2.57. The molecule has 2 aromatic rings. The Bertz CT molecular complexity index is 517. The lowest BCUT2D eigenvalue weighted by atomic mass is 10.0. The first-order valence-corrected chi connectivity index (χ1v) is 7.50. The summed E-state index contributed by atoms with van der Waals surface area (Å²) in [6, 6.07) is 16.3. The highest BCUT2D eigenvalue weighted by atomic mass is 35.5. The third-order valence-corrected chi connectivity index (χ3v) is 3.97. The van der Waals surface area contributed by atoms with Gasteiger partial charge in [0.15, 0.2) is 0 Å². The fraction of sp³-hybridized carbons (Fsp3) is 0.294. The minimum atomic E-state index is -0.140. The average molecular weight is 293 g/mol. The first-order chi connectivity index (χ1) is 9.20. The van der Waals surface area contributed by atoms with E-state index in [2.05, 4.69) is 31.2 Å². The third kappa shape index (κ3) is 3.99. The van der Waals surface area contributed by atoms with Crippen molar-refractivity contribution in [2.75, 3.05) is 0 Å². The van der Waals surface area contributed by atoms with E-state index < -0.39 is 0 Å². The summed E-state index contributed by atoms with van der Waals surface area (Å²) in [6.07, 6.45) is 3.60. The maximum Gasteiger partial charge on any atom is 0.0835 e. The van der Waals surface area contributed by atoms with Crippen molar-refractivity contribution in [3.05, 3.63) is 70.2 Å². The molecular formula is C17H18Cl2. The molecule has 0 aliphatic rings. The van der Waals surface area contributed by atoms with E-state index in [0.717, 1.165) is 22.6 Å². The molecule has 0 nitrogen and oxygen atoms in total. The molecule has 0 amide bonds. The smallest absolute Gasteiger partial charge is 0.0835 e. The van der Waals surface area contributed by atoms with Crippen molar-refractivity contribution in [3.8, 4) is 0 Å². The molecule has 2 heteroatoms. The van der Waals surface area contributed by atoms with Gasteiger partial charge >= 0.3 is 0 Å². The summed E-state index contributed by atoms with van der Waals surface area (Å²) in [5, 5.41) is 0.585. The van der Waals surface area contributed by atoms with Crippen molar-refractivity contribution in [1.29, 1.82) is 0 Å². The predicted octanol–water partition coefficient (Wildman–Crippen LogP) is 6.01. The Labute approximate surface area is 125 Å². The van der Waals surface area contributed by atoms with Crippen LogP contribution < -0.4 is 0 Å². The van der Waals surface area contributed by atoms with Gasteiger partial charge in [-0.15, -0.1) is 11.6 Å². The van der Waals surface area contributed by atoms with Crippen LogP contribution in [0.4, 0.5) is 0 Å². The quantitative estimate of drug-likeness (QED) is 0.592. The van der Waals surface area contributed by atoms with Gasteiger partial charge in [0.1, 0.15) is 0 Å². The molecule has 0 saturated heterocycles. The van der Waals surface area contributed by atoms with Crippen molar-refractivity contribution < 1.29 is 0 Å². The van der Waals surface area contributed by atoms with Crippen LogP contribution in [0.3, 0.4) is 0 Å². The van der Waals surface area contributed by atoms with Crippen LogP contribution in [-0.2, 0) is 6.42 Å². The molecule has 100 valence electrons. The topological polar surface area (TPSA) is 0 Å².